The number of nitrogens with one attached hydrogen (secondary N) is 1. The molecule has 2 rings (SSSR count). The van der Waals surface area contributed by atoms with Crippen LogP contribution in [0.25, 0.3) is 0 Å². The third-order valence-electron chi connectivity index (χ3n) is 4.08. The standard InChI is InChI=1S/C14H22N2O3S/c1-10(15-2)13-5-4-11(8-14(13)17)16(3)12-6-7-20(18,19)9-12/h4-5,8,10,12,15,17H,6-7,9H2,1-3H3. The number of nitrogens with zero attached hydrogens (tertiary/aromatic N) is 1. The summed E-state index contributed by atoms with van der Waals surface area (Å²) >= 11 is 0. The Labute approximate surface area is 120 Å². The Bertz CT molecular complexity index is 586. The van der Waals surface area contributed by atoms with Crippen LogP contribution in [0.1, 0.15) is 24.9 Å². The molecule has 0 radical (unpaired) electrons. The molecule has 6 heteroatoms. The summed E-state index contributed by atoms with van der Waals surface area (Å²) in [5.41, 5.74) is 1.68. The Morgan fingerprint density at radius 3 is 2.65 bits per heavy atom. The van der Waals surface area contributed by atoms with Crippen LogP contribution in [-0.2, 0) is 9.84 Å². The lowest BCUT2D eigenvalue weighted by atomic mass is 10.1. The number of anilines is 1. The highest BCUT2D eigenvalue weighted by atomic mass is 32.2. The SMILES string of the molecule is CNC(C)c1ccc(N(C)C2CCS(=O)(=O)C2)cc1O. The second kappa shape index (κ2) is 5.61. The monoisotopic (exact) mass is 298 g/mol. The van der Waals surface area contributed by atoms with E-state index in [2.05, 4.69) is 5.32 Å². The van der Waals surface area contributed by atoms with Crippen LogP contribution in [-0.4, -0.2) is 45.2 Å². The number of sulfone groups is 1. The van der Waals surface area contributed by atoms with Gasteiger partial charge in [0, 0.05) is 36.4 Å². The summed E-state index contributed by atoms with van der Waals surface area (Å²) in [5, 5.41) is 13.2. The molecule has 1 aromatic rings. The maximum atomic E-state index is 11.5. The van der Waals surface area contributed by atoms with E-state index in [1.54, 1.807) is 6.07 Å². The fourth-order valence-corrected chi connectivity index (χ4v) is 4.34. The Balaban J connectivity index is 2.19. The van der Waals surface area contributed by atoms with E-state index in [1.165, 1.54) is 0 Å². The van der Waals surface area contributed by atoms with Gasteiger partial charge >= 0.3 is 0 Å². The predicted molar refractivity (Wildman–Crippen MR) is 81.0 cm³/mol. The lowest BCUT2D eigenvalue weighted by molar-refractivity contribution is 0.457. The van der Waals surface area contributed by atoms with Gasteiger partial charge in [-0.3, -0.25) is 0 Å². The quantitative estimate of drug-likeness (QED) is 0.877. The molecule has 112 valence electrons. The number of phenols is 1. The third kappa shape index (κ3) is 3.07. The van der Waals surface area contributed by atoms with Gasteiger partial charge < -0.3 is 15.3 Å². The number of phenolic OH excluding ortho intramolecular Hbond substituents is 1. The van der Waals surface area contributed by atoms with E-state index < -0.39 is 9.84 Å². The molecule has 1 saturated heterocycles. The minimum Gasteiger partial charge on any atom is -0.508 e. The van der Waals surface area contributed by atoms with E-state index in [-0.39, 0.29) is 29.3 Å². The summed E-state index contributed by atoms with van der Waals surface area (Å²) in [6, 6.07) is 5.57. The van der Waals surface area contributed by atoms with Crippen molar-refractivity contribution in [2.24, 2.45) is 0 Å². The van der Waals surface area contributed by atoms with Crippen molar-refractivity contribution in [1.82, 2.24) is 5.32 Å². The Kier molecular flexibility index (Phi) is 4.25. The average Bonchev–Trinajstić information content (AvgIpc) is 2.77. The van der Waals surface area contributed by atoms with Gasteiger partial charge in [0.15, 0.2) is 9.84 Å². The lowest BCUT2D eigenvalue weighted by Gasteiger charge is -2.26. The molecule has 1 aliphatic heterocycles. The van der Waals surface area contributed by atoms with Gasteiger partial charge in [-0.15, -0.1) is 0 Å². The van der Waals surface area contributed by atoms with Crippen LogP contribution in [0.2, 0.25) is 0 Å². The largest absolute Gasteiger partial charge is 0.508 e. The van der Waals surface area contributed by atoms with Gasteiger partial charge in [0.05, 0.1) is 11.5 Å². The first-order valence-electron chi connectivity index (χ1n) is 6.77. The van der Waals surface area contributed by atoms with Crippen molar-refractivity contribution in [1.29, 1.82) is 0 Å². The zero-order valence-electron chi connectivity index (χ0n) is 12.1. The molecule has 1 aliphatic rings. The zero-order chi connectivity index (χ0) is 14.9. The molecule has 20 heavy (non-hydrogen) atoms. The molecule has 0 aromatic heterocycles. The van der Waals surface area contributed by atoms with Crippen molar-refractivity contribution in [2.75, 3.05) is 30.5 Å². The number of hydrogen-bond acceptors (Lipinski definition) is 5. The van der Waals surface area contributed by atoms with Gasteiger partial charge in [-0.25, -0.2) is 8.42 Å². The average molecular weight is 298 g/mol. The normalized spacial score (nSPS) is 22.6. The number of rotatable bonds is 4. The highest BCUT2D eigenvalue weighted by Crippen LogP contribution is 2.30. The van der Waals surface area contributed by atoms with E-state index in [1.807, 2.05) is 38.1 Å². The van der Waals surface area contributed by atoms with Gasteiger partial charge in [0.2, 0.25) is 0 Å². The maximum absolute atomic E-state index is 11.5. The topological polar surface area (TPSA) is 69.6 Å². The molecule has 2 unspecified atom stereocenters. The predicted octanol–water partition coefficient (Wildman–Crippen LogP) is 1.30. The first-order valence-corrected chi connectivity index (χ1v) is 8.59. The molecule has 0 aliphatic carbocycles. The summed E-state index contributed by atoms with van der Waals surface area (Å²) in [4.78, 5) is 1.94. The number of hydrogen-bond donors (Lipinski definition) is 2. The summed E-state index contributed by atoms with van der Waals surface area (Å²) in [7, 11) is 0.819. The molecule has 0 amide bonds. The second-order valence-electron chi connectivity index (χ2n) is 5.42. The van der Waals surface area contributed by atoms with Gasteiger partial charge in [-0.05, 0) is 26.5 Å². The fourth-order valence-electron chi connectivity index (χ4n) is 2.56. The Hall–Kier alpha value is -1.27. The van der Waals surface area contributed by atoms with E-state index >= 15 is 0 Å². The van der Waals surface area contributed by atoms with Crippen LogP contribution in [0.15, 0.2) is 18.2 Å². The zero-order valence-corrected chi connectivity index (χ0v) is 12.9. The maximum Gasteiger partial charge on any atom is 0.152 e. The summed E-state index contributed by atoms with van der Waals surface area (Å²) in [6.07, 6.45) is 0.647. The third-order valence-corrected chi connectivity index (χ3v) is 5.83. The van der Waals surface area contributed by atoms with Crippen molar-refractivity contribution in [3.05, 3.63) is 23.8 Å². The van der Waals surface area contributed by atoms with Crippen LogP contribution in [0, 0.1) is 0 Å². The molecule has 0 saturated carbocycles. The minimum atomic E-state index is -2.90. The molecule has 1 heterocycles. The summed E-state index contributed by atoms with van der Waals surface area (Å²) < 4.78 is 23.1. The van der Waals surface area contributed by atoms with Gasteiger partial charge in [-0.2, -0.15) is 0 Å². The molecule has 1 fully saturated rings. The molecule has 1 aromatic carbocycles. The molecule has 2 N–H and O–H groups in total. The molecule has 5 nitrogen and oxygen atoms in total. The van der Waals surface area contributed by atoms with Crippen LogP contribution in [0.5, 0.6) is 5.75 Å². The minimum absolute atomic E-state index is 0.00743. The van der Waals surface area contributed by atoms with Crippen molar-refractivity contribution in [3.63, 3.8) is 0 Å². The summed E-state index contributed by atoms with van der Waals surface area (Å²) in [5.74, 6) is 0.680. The van der Waals surface area contributed by atoms with Crippen molar-refractivity contribution in [2.45, 2.75) is 25.4 Å². The molecular formula is C14H22N2O3S. The lowest BCUT2D eigenvalue weighted by Crippen LogP contribution is -2.32. The molecular weight excluding hydrogens is 276 g/mol. The van der Waals surface area contributed by atoms with Crippen molar-refractivity contribution >= 4 is 15.5 Å². The first kappa shape index (κ1) is 15.1. The van der Waals surface area contributed by atoms with Gasteiger partial charge in [0.25, 0.3) is 0 Å². The number of benzene rings is 1. The molecule has 2 atom stereocenters. The highest BCUT2D eigenvalue weighted by Gasteiger charge is 2.31. The van der Waals surface area contributed by atoms with Crippen LogP contribution in [0.4, 0.5) is 5.69 Å². The van der Waals surface area contributed by atoms with Gasteiger partial charge in [0.1, 0.15) is 5.75 Å². The van der Waals surface area contributed by atoms with E-state index in [0.717, 1.165) is 11.3 Å². The van der Waals surface area contributed by atoms with Crippen LogP contribution >= 0.6 is 0 Å². The van der Waals surface area contributed by atoms with Crippen molar-refractivity contribution < 1.29 is 13.5 Å². The first-order chi connectivity index (χ1) is 9.34. The summed E-state index contributed by atoms with van der Waals surface area (Å²) in [6.45, 7) is 1.97. The Morgan fingerprint density at radius 2 is 2.15 bits per heavy atom. The van der Waals surface area contributed by atoms with Crippen LogP contribution in [0.3, 0.4) is 0 Å². The van der Waals surface area contributed by atoms with E-state index in [0.29, 0.717) is 6.42 Å². The van der Waals surface area contributed by atoms with E-state index in [4.69, 9.17) is 0 Å². The smallest absolute Gasteiger partial charge is 0.152 e. The molecule has 0 bridgehead atoms. The van der Waals surface area contributed by atoms with E-state index in [9.17, 15) is 13.5 Å². The molecule has 0 spiro atoms. The number of aromatic hydroxyl groups is 1. The Morgan fingerprint density at radius 1 is 1.45 bits per heavy atom. The van der Waals surface area contributed by atoms with Crippen LogP contribution < -0.4 is 10.2 Å². The van der Waals surface area contributed by atoms with Crippen molar-refractivity contribution in [3.8, 4) is 5.75 Å². The second-order valence-corrected chi connectivity index (χ2v) is 7.65. The fraction of sp³-hybridized carbons (Fsp3) is 0.571. The highest BCUT2D eigenvalue weighted by molar-refractivity contribution is 7.91. The van der Waals surface area contributed by atoms with Gasteiger partial charge in [-0.1, -0.05) is 6.07 Å².